The SMILES string of the molecule is Cc1cccc2c3ccccc3n(-c3cc(C#N)cc(-n4c5ccccc5c5cccc(C)c54)c3-c3cccc(C#N)c3)c12. The first-order valence-corrected chi connectivity index (χ1v) is 14.7. The lowest BCUT2D eigenvalue weighted by Crippen LogP contribution is -2.06. The van der Waals surface area contributed by atoms with Gasteiger partial charge in [-0.1, -0.05) is 84.9 Å². The van der Waals surface area contributed by atoms with Crippen molar-refractivity contribution in [3.05, 3.63) is 144 Å². The molecule has 6 aromatic carbocycles. The highest BCUT2D eigenvalue weighted by Gasteiger charge is 2.24. The summed E-state index contributed by atoms with van der Waals surface area (Å²) in [7, 11) is 0. The van der Waals surface area contributed by atoms with Crippen molar-refractivity contribution in [2.45, 2.75) is 13.8 Å². The molecule has 0 atom stereocenters. The second-order valence-electron chi connectivity index (χ2n) is 11.3. The van der Waals surface area contributed by atoms with Gasteiger partial charge >= 0.3 is 0 Å². The van der Waals surface area contributed by atoms with Crippen molar-refractivity contribution in [1.82, 2.24) is 9.13 Å². The molecule has 0 bridgehead atoms. The van der Waals surface area contributed by atoms with Crippen molar-refractivity contribution in [3.63, 3.8) is 0 Å². The Balaban J connectivity index is 1.64. The first kappa shape index (κ1) is 25.6. The minimum Gasteiger partial charge on any atom is -0.308 e. The van der Waals surface area contributed by atoms with Crippen molar-refractivity contribution in [2.24, 2.45) is 0 Å². The number of hydrogen-bond acceptors (Lipinski definition) is 2. The standard InChI is InChI=1S/C40H26N4/c1-25-10-7-16-32-30-14-3-5-18-34(30)43(39(25)32)36-21-28(24-42)22-37(38(36)29-13-9-12-27(20-29)23-41)44-35-19-6-4-15-31(35)33-17-8-11-26(2)40(33)44/h3-22H,1-2H3. The Kier molecular flexibility index (Phi) is 5.66. The number of nitriles is 2. The van der Waals surface area contributed by atoms with Gasteiger partial charge in [0, 0.05) is 27.1 Å². The van der Waals surface area contributed by atoms with Gasteiger partial charge in [0.15, 0.2) is 0 Å². The fraction of sp³-hybridized carbons (Fsp3) is 0.0500. The van der Waals surface area contributed by atoms with Crippen LogP contribution in [0.3, 0.4) is 0 Å². The number of rotatable bonds is 3. The first-order chi connectivity index (χ1) is 21.6. The summed E-state index contributed by atoms with van der Waals surface area (Å²) >= 11 is 0. The molecule has 4 nitrogen and oxygen atoms in total. The number of fused-ring (bicyclic) bond motifs is 6. The zero-order valence-corrected chi connectivity index (χ0v) is 24.3. The van der Waals surface area contributed by atoms with E-state index in [4.69, 9.17) is 0 Å². The molecule has 0 aliphatic rings. The lowest BCUT2D eigenvalue weighted by atomic mass is 9.96. The van der Waals surface area contributed by atoms with Gasteiger partial charge in [0.2, 0.25) is 0 Å². The molecule has 0 radical (unpaired) electrons. The van der Waals surface area contributed by atoms with Crippen LogP contribution in [0.4, 0.5) is 0 Å². The molecule has 206 valence electrons. The van der Waals surface area contributed by atoms with E-state index < -0.39 is 0 Å². The predicted molar refractivity (Wildman–Crippen MR) is 179 cm³/mol. The summed E-state index contributed by atoms with van der Waals surface area (Å²) < 4.78 is 4.61. The molecule has 2 heterocycles. The van der Waals surface area contributed by atoms with Crippen molar-refractivity contribution >= 4 is 43.6 Å². The van der Waals surface area contributed by atoms with E-state index in [0.717, 1.165) is 77.2 Å². The minimum absolute atomic E-state index is 0.564. The summed E-state index contributed by atoms with van der Waals surface area (Å²) in [5.41, 5.74) is 11.4. The summed E-state index contributed by atoms with van der Waals surface area (Å²) in [6.45, 7) is 4.28. The molecule has 0 N–H and O–H groups in total. The smallest absolute Gasteiger partial charge is 0.0993 e. The molecule has 0 saturated heterocycles. The molecule has 0 aliphatic heterocycles. The Hall–Kier alpha value is -6.10. The van der Waals surface area contributed by atoms with Crippen LogP contribution >= 0.6 is 0 Å². The molecule has 0 saturated carbocycles. The molecule has 0 aliphatic carbocycles. The third-order valence-corrected chi connectivity index (χ3v) is 8.78. The Morgan fingerprint density at radius 1 is 0.477 bits per heavy atom. The number of aryl methyl sites for hydroxylation is 2. The third kappa shape index (κ3) is 3.62. The van der Waals surface area contributed by atoms with Crippen LogP contribution in [0.2, 0.25) is 0 Å². The molecule has 44 heavy (non-hydrogen) atoms. The lowest BCUT2D eigenvalue weighted by molar-refractivity contribution is 1.12. The minimum atomic E-state index is 0.564. The van der Waals surface area contributed by atoms with Crippen molar-refractivity contribution < 1.29 is 0 Å². The Labute approximate surface area is 254 Å². The summed E-state index contributed by atoms with van der Waals surface area (Å²) in [5, 5.41) is 25.0. The van der Waals surface area contributed by atoms with Gasteiger partial charge in [-0.25, -0.2) is 0 Å². The summed E-state index contributed by atoms with van der Waals surface area (Å²) in [6.07, 6.45) is 0. The molecule has 2 aromatic heterocycles. The Bertz CT molecular complexity index is 2410. The van der Waals surface area contributed by atoms with E-state index in [1.54, 1.807) is 0 Å². The van der Waals surface area contributed by atoms with Gasteiger partial charge in [0.1, 0.15) is 0 Å². The van der Waals surface area contributed by atoms with Crippen LogP contribution < -0.4 is 0 Å². The highest BCUT2D eigenvalue weighted by molar-refractivity contribution is 6.13. The van der Waals surface area contributed by atoms with Crippen LogP contribution in [0.5, 0.6) is 0 Å². The van der Waals surface area contributed by atoms with Crippen LogP contribution in [0.1, 0.15) is 22.3 Å². The van der Waals surface area contributed by atoms with Gasteiger partial charge in [-0.05, 0) is 66.9 Å². The maximum Gasteiger partial charge on any atom is 0.0993 e. The Morgan fingerprint density at radius 2 is 0.955 bits per heavy atom. The number of hydrogen-bond donors (Lipinski definition) is 0. The van der Waals surface area contributed by atoms with Crippen LogP contribution in [0.15, 0.2) is 121 Å². The van der Waals surface area contributed by atoms with Crippen molar-refractivity contribution in [1.29, 1.82) is 10.5 Å². The van der Waals surface area contributed by atoms with E-state index in [1.165, 1.54) is 0 Å². The number of benzene rings is 6. The number of para-hydroxylation sites is 4. The number of aromatic nitrogens is 2. The van der Waals surface area contributed by atoms with Crippen molar-refractivity contribution in [2.75, 3.05) is 0 Å². The van der Waals surface area contributed by atoms with E-state index in [1.807, 2.05) is 30.3 Å². The maximum atomic E-state index is 10.5. The largest absolute Gasteiger partial charge is 0.308 e. The second-order valence-corrected chi connectivity index (χ2v) is 11.3. The number of nitrogens with zero attached hydrogens (tertiary/aromatic N) is 4. The zero-order chi connectivity index (χ0) is 29.9. The normalized spacial score (nSPS) is 11.4. The molecule has 8 rings (SSSR count). The van der Waals surface area contributed by atoms with E-state index in [9.17, 15) is 10.5 Å². The average molecular weight is 563 g/mol. The van der Waals surface area contributed by atoms with E-state index >= 15 is 0 Å². The fourth-order valence-electron chi connectivity index (χ4n) is 6.95. The van der Waals surface area contributed by atoms with E-state index in [-0.39, 0.29) is 0 Å². The van der Waals surface area contributed by atoms with E-state index in [2.05, 4.69) is 126 Å². The average Bonchev–Trinajstić information content (AvgIpc) is 3.59. The third-order valence-electron chi connectivity index (χ3n) is 8.78. The zero-order valence-electron chi connectivity index (χ0n) is 24.3. The Morgan fingerprint density at radius 3 is 1.48 bits per heavy atom. The van der Waals surface area contributed by atoms with Crippen LogP contribution in [0, 0.1) is 36.5 Å². The van der Waals surface area contributed by atoms with Gasteiger partial charge in [-0.2, -0.15) is 10.5 Å². The second kappa shape index (κ2) is 9.73. The topological polar surface area (TPSA) is 57.4 Å². The molecule has 0 unspecified atom stereocenters. The summed E-state index contributed by atoms with van der Waals surface area (Å²) in [5.74, 6) is 0. The molecular weight excluding hydrogens is 536 g/mol. The molecule has 0 amide bonds. The molecule has 0 spiro atoms. The van der Waals surface area contributed by atoms with Gasteiger partial charge in [0.25, 0.3) is 0 Å². The van der Waals surface area contributed by atoms with Gasteiger partial charge in [-0.3, -0.25) is 0 Å². The van der Waals surface area contributed by atoms with Gasteiger partial charge < -0.3 is 9.13 Å². The van der Waals surface area contributed by atoms with Gasteiger partial charge in [-0.15, -0.1) is 0 Å². The van der Waals surface area contributed by atoms with Crippen molar-refractivity contribution in [3.8, 4) is 34.6 Å². The molecule has 8 aromatic rings. The lowest BCUT2D eigenvalue weighted by Gasteiger charge is -2.21. The summed E-state index contributed by atoms with van der Waals surface area (Å²) in [6, 6.07) is 46.3. The van der Waals surface area contributed by atoms with Crippen LogP contribution in [-0.4, -0.2) is 9.13 Å². The summed E-state index contributed by atoms with van der Waals surface area (Å²) in [4.78, 5) is 0. The molecular formula is C40H26N4. The van der Waals surface area contributed by atoms with E-state index in [0.29, 0.717) is 11.1 Å². The molecule has 4 heteroatoms. The van der Waals surface area contributed by atoms with Crippen LogP contribution in [-0.2, 0) is 0 Å². The monoisotopic (exact) mass is 562 g/mol. The first-order valence-electron chi connectivity index (χ1n) is 14.7. The highest BCUT2D eigenvalue weighted by atomic mass is 15.0. The van der Waals surface area contributed by atoms with Crippen LogP contribution in [0.25, 0.3) is 66.1 Å². The fourth-order valence-corrected chi connectivity index (χ4v) is 6.95. The maximum absolute atomic E-state index is 10.5. The highest BCUT2D eigenvalue weighted by Crippen LogP contribution is 2.43. The van der Waals surface area contributed by atoms with Gasteiger partial charge in [0.05, 0.1) is 56.7 Å². The molecule has 0 fully saturated rings. The quantitative estimate of drug-likeness (QED) is 0.215. The predicted octanol–water partition coefficient (Wildman–Crippen LogP) is 9.91.